The molecule has 4 heteroatoms. The maximum atomic E-state index is 10.2. The highest BCUT2D eigenvalue weighted by Crippen LogP contribution is 2.45. The second-order valence-corrected chi connectivity index (χ2v) is 6.57. The van der Waals surface area contributed by atoms with Crippen molar-refractivity contribution in [3.63, 3.8) is 0 Å². The molecule has 0 aromatic carbocycles. The third-order valence-electron chi connectivity index (χ3n) is 3.39. The molecule has 2 fully saturated rings. The molecule has 2 nitrogen and oxygen atoms in total. The Morgan fingerprint density at radius 3 is 2.80 bits per heavy atom. The topological polar surface area (TPSA) is 23.5 Å². The number of halogens is 1. The van der Waals surface area contributed by atoms with Crippen LogP contribution in [0, 0.1) is 5.92 Å². The van der Waals surface area contributed by atoms with E-state index in [0.717, 1.165) is 19.6 Å². The van der Waals surface area contributed by atoms with Crippen molar-refractivity contribution in [2.45, 2.75) is 25.0 Å². The summed E-state index contributed by atoms with van der Waals surface area (Å²) in [7, 11) is 0. The second kappa shape index (κ2) is 3.55. The Hall–Kier alpha value is 0.100. The van der Waals surface area contributed by atoms with Gasteiger partial charge in [-0.05, 0) is 46.1 Å². The predicted molar refractivity (Wildman–Crippen MR) is 65.0 cm³/mol. The lowest BCUT2D eigenvalue weighted by atomic mass is 9.89. The van der Waals surface area contributed by atoms with Crippen molar-refractivity contribution >= 4 is 27.3 Å². The molecule has 1 N–H and O–H groups in total. The van der Waals surface area contributed by atoms with Crippen molar-refractivity contribution in [1.29, 1.82) is 0 Å². The van der Waals surface area contributed by atoms with Crippen LogP contribution in [-0.2, 0) is 6.54 Å². The fraction of sp³-hybridized carbons (Fsp3) is 0.636. The van der Waals surface area contributed by atoms with Gasteiger partial charge in [0.15, 0.2) is 0 Å². The minimum absolute atomic E-state index is 0.344. The van der Waals surface area contributed by atoms with E-state index >= 15 is 0 Å². The summed E-state index contributed by atoms with van der Waals surface area (Å²) in [6, 6.07) is 2.09. The zero-order valence-electron chi connectivity index (χ0n) is 8.45. The second-order valence-electron chi connectivity index (χ2n) is 4.71. The third kappa shape index (κ3) is 1.88. The zero-order chi connectivity index (χ0) is 10.5. The highest BCUT2D eigenvalue weighted by Gasteiger charge is 2.51. The standard InChI is InChI=1S/C11H14BrNOS/c12-9-3-4-15-10(9)5-13-6-11(14,7-13)8-1-2-8/h3-4,8,14H,1-2,5-7H2. The molecule has 0 spiro atoms. The van der Waals surface area contributed by atoms with Gasteiger partial charge in [0.05, 0.1) is 5.60 Å². The number of β-amino-alcohol motifs (C(OH)–C–C–N with tert-alkyl or cyclic N) is 1. The quantitative estimate of drug-likeness (QED) is 0.923. The van der Waals surface area contributed by atoms with E-state index in [-0.39, 0.29) is 5.60 Å². The van der Waals surface area contributed by atoms with Crippen LogP contribution in [0.15, 0.2) is 15.9 Å². The van der Waals surface area contributed by atoms with E-state index in [9.17, 15) is 5.11 Å². The summed E-state index contributed by atoms with van der Waals surface area (Å²) in [5.74, 6) is 0.598. The molecule has 3 rings (SSSR count). The van der Waals surface area contributed by atoms with Crippen molar-refractivity contribution in [3.8, 4) is 0 Å². The van der Waals surface area contributed by atoms with Gasteiger partial charge in [-0.1, -0.05) is 0 Å². The van der Waals surface area contributed by atoms with Crippen LogP contribution in [0.4, 0.5) is 0 Å². The van der Waals surface area contributed by atoms with Crippen molar-refractivity contribution in [2.75, 3.05) is 13.1 Å². The van der Waals surface area contributed by atoms with Crippen LogP contribution in [0.1, 0.15) is 17.7 Å². The lowest BCUT2D eigenvalue weighted by molar-refractivity contribution is -0.116. The molecule has 1 saturated carbocycles. The predicted octanol–water partition coefficient (Wildman–Crippen LogP) is 2.47. The van der Waals surface area contributed by atoms with Gasteiger partial charge in [-0.3, -0.25) is 4.90 Å². The minimum Gasteiger partial charge on any atom is -0.387 e. The first-order chi connectivity index (χ1) is 7.17. The first-order valence-corrected chi connectivity index (χ1v) is 7.01. The van der Waals surface area contributed by atoms with Crippen LogP contribution in [0.3, 0.4) is 0 Å². The van der Waals surface area contributed by atoms with Gasteiger partial charge in [-0.2, -0.15) is 0 Å². The molecule has 2 aliphatic rings. The van der Waals surface area contributed by atoms with E-state index in [1.54, 1.807) is 11.3 Å². The van der Waals surface area contributed by atoms with Crippen LogP contribution < -0.4 is 0 Å². The molecule has 0 radical (unpaired) electrons. The maximum absolute atomic E-state index is 10.2. The summed E-state index contributed by atoms with van der Waals surface area (Å²) < 4.78 is 1.20. The molecule has 0 unspecified atom stereocenters. The molecule has 1 aromatic rings. The molecule has 0 atom stereocenters. The Morgan fingerprint density at radius 2 is 2.27 bits per heavy atom. The molecular formula is C11H14BrNOS. The highest BCUT2D eigenvalue weighted by molar-refractivity contribution is 9.10. The Morgan fingerprint density at radius 1 is 1.53 bits per heavy atom. The van der Waals surface area contributed by atoms with Gasteiger partial charge in [0, 0.05) is 29.0 Å². The average molecular weight is 288 g/mol. The fourth-order valence-electron chi connectivity index (χ4n) is 2.36. The van der Waals surface area contributed by atoms with Gasteiger partial charge in [-0.15, -0.1) is 11.3 Å². The lowest BCUT2D eigenvalue weighted by Crippen LogP contribution is -2.62. The van der Waals surface area contributed by atoms with Crippen LogP contribution in [0.2, 0.25) is 0 Å². The monoisotopic (exact) mass is 287 g/mol. The Bertz CT molecular complexity index is 368. The summed E-state index contributed by atoms with van der Waals surface area (Å²) >= 11 is 5.32. The van der Waals surface area contributed by atoms with Crippen molar-refractivity contribution in [2.24, 2.45) is 5.92 Å². The van der Waals surface area contributed by atoms with Gasteiger partial charge in [0.2, 0.25) is 0 Å². The van der Waals surface area contributed by atoms with E-state index in [1.165, 1.54) is 22.2 Å². The van der Waals surface area contributed by atoms with Crippen molar-refractivity contribution in [1.82, 2.24) is 4.90 Å². The van der Waals surface area contributed by atoms with Crippen LogP contribution in [0.25, 0.3) is 0 Å². The SMILES string of the molecule is OC1(C2CC2)CN(Cc2sccc2Br)C1. The number of hydrogen-bond donors (Lipinski definition) is 1. The molecule has 0 bridgehead atoms. The van der Waals surface area contributed by atoms with E-state index in [1.807, 2.05) is 0 Å². The number of nitrogens with zero attached hydrogens (tertiary/aromatic N) is 1. The van der Waals surface area contributed by atoms with E-state index < -0.39 is 0 Å². The number of thiophene rings is 1. The fourth-order valence-corrected chi connectivity index (χ4v) is 3.88. The number of hydrogen-bond acceptors (Lipinski definition) is 3. The Labute approximate surface area is 102 Å². The first-order valence-electron chi connectivity index (χ1n) is 5.34. The van der Waals surface area contributed by atoms with Gasteiger partial charge in [0.25, 0.3) is 0 Å². The van der Waals surface area contributed by atoms with Crippen molar-refractivity contribution < 1.29 is 5.11 Å². The highest BCUT2D eigenvalue weighted by atomic mass is 79.9. The van der Waals surface area contributed by atoms with E-state index in [4.69, 9.17) is 0 Å². The van der Waals surface area contributed by atoms with Gasteiger partial charge < -0.3 is 5.11 Å². The Kier molecular flexibility index (Phi) is 2.43. The lowest BCUT2D eigenvalue weighted by Gasteiger charge is -2.47. The molecule has 2 heterocycles. The molecule has 1 aromatic heterocycles. The summed E-state index contributed by atoms with van der Waals surface area (Å²) in [4.78, 5) is 3.70. The molecule has 82 valence electrons. The summed E-state index contributed by atoms with van der Waals surface area (Å²) in [6.07, 6.45) is 2.46. The Balaban J connectivity index is 1.57. The summed E-state index contributed by atoms with van der Waals surface area (Å²) in [5, 5.41) is 12.3. The molecular weight excluding hydrogens is 274 g/mol. The van der Waals surface area contributed by atoms with Crippen molar-refractivity contribution in [3.05, 3.63) is 20.8 Å². The smallest absolute Gasteiger partial charge is 0.0928 e. The number of likely N-dealkylation sites (tertiary alicyclic amines) is 1. The molecule has 0 amide bonds. The third-order valence-corrected chi connectivity index (χ3v) is 5.30. The first kappa shape index (κ1) is 10.3. The maximum Gasteiger partial charge on any atom is 0.0928 e. The van der Waals surface area contributed by atoms with Gasteiger partial charge in [0.1, 0.15) is 0 Å². The van der Waals surface area contributed by atoms with Gasteiger partial charge in [-0.25, -0.2) is 0 Å². The van der Waals surface area contributed by atoms with E-state index in [2.05, 4.69) is 32.3 Å². The molecule has 15 heavy (non-hydrogen) atoms. The molecule has 1 aliphatic carbocycles. The zero-order valence-corrected chi connectivity index (χ0v) is 10.9. The van der Waals surface area contributed by atoms with Crippen LogP contribution in [-0.4, -0.2) is 28.7 Å². The van der Waals surface area contributed by atoms with Crippen LogP contribution >= 0.6 is 27.3 Å². The number of aliphatic hydroxyl groups is 1. The minimum atomic E-state index is -0.344. The normalized spacial score (nSPS) is 25.2. The number of rotatable bonds is 3. The molecule has 1 aliphatic heterocycles. The summed E-state index contributed by atoms with van der Waals surface area (Å²) in [5.41, 5.74) is -0.344. The largest absolute Gasteiger partial charge is 0.387 e. The van der Waals surface area contributed by atoms with Crippen LogP contribution in [0.5, 0.6) is 0 Å². The van der Waals surface area contributed by atoms with Gasteiger partial charge >= 0.3 is 0 Å². The average Bonchev–Trinajstić information content (AvgIpc) is 2.91. The summed E-state index contributed by atoms with van der Waals surface area (Å²) in [6.45, 7) is 2.71. The van der Waals surface area contributed by atoms with E-state index in [0.29, 0.717) is 5.92 Å². The molecule has 1 saturated heterocycles.